The molecule has 2 aliphatic rings. The van der Waals surface area contributed by atoms with Crippen molar-refractivity contribution in [2.75, 3.05) is 45.3 Å². The molecule has 182 valence electrons. The molecular weight excluding hydrogens is 458 g/mol. The van der Waals surface area contributed by atoms with E-state index in [1.54, 1.807) is 30.3 Å². The lowest BCUT2D eigenvalue weighted by atomic mass is 9.75. The standard InChI is InChI=1S/C28H31N3O3S/c1-28(2)16-20-24(27(31-11-13-34-14-12-31)35-25(20)23(32)17-28)22-10-6-9-21(29-22)18-7-5-8-19(15-18)26(33)30(3)4/h5-10,15H,11-14,16-17H2,1-4H3. The molecule has 1 aromatic carbocycles. The number of pyridine rings is 1. The number of rotatable bonds is 4. The van der Waals surface area contributed by atoms with Gasteiger partial charge in [-0.1, -0.05) is 32.0 Å². The van der Waals surface area contributed by atoms with E-state index in [0.29, 0.717) is 25.2 Å². The van der Waals surface area contributed by atoms with E-state index in [1.807, 2.05) is 42.5 Å². The molecule has 7 heteroatoms. The molecule has 1 saturated heterocycles. The second-order valence-electron chi connectivity index (χ2n) is 10.3. The number of nitrogens with zero attached hydrogens (tertiary/aromatic N) is 3. The van der Waals surface area contributed by atoms with E-state index >= 15 is 0 Å². The fourth-order valence-electron chi connectivity index (χ4n) is 4.96. The van der Waals surface area contributed by atoms with Gasteiger partial charge in [0.15, 0.2) is 5.78 Å². The zero-order valence-corrected chi connectivity index (χ0v) is 21.6. The highest BCUT2D eigenvalue weighted by atomic mass is 32.1. The zero-order chi connectivity index (χ0) is 24.7. The molecule has 1 aliphatic heterocycles. The maximum absolute atomic E-state index is 13.1. The molecule has 0 radical (unpaired) electrons. The molecule has 3 heterocycles. The Bertz CT molecular complexity index is 1290. The van der Waals surface area contributed by atoms with Crippen LogP contribution in [0.5, 0.6) is 0 Å². The van der Waals surface area contributed by atoms with Crippen LogP contribution in [0.1, 0.15) is 45.9 Å². The first-order valence-corrected chi connectivity index (χ1v) is 12.9. The molecule has 0 N–H and O–H groups in total. The van der Waals surface area contributed by atoms with Crippen LogP contribution in [-0.4, -0.2) is 62.0 Å². The zero-order valence-electron chi connectivity index (χ0n) is 20.8. The van der Waals surface area contributed by atoms with Gasteiger partial charge in [-0.25, -0.2) is 4.98 Å². The fraction of sp³-hybridized carbons (Fsp3) is 0.393. The lowest BCUT2D eigenvalue weighted by Gasteiger charge is -2.30. The van der Waals surface area contributed by atoms with Crippen molar-refractivity contribution in [2.24, 2.45) is 5.41 Å². The Morgan fingerprint density at radius 2 is 1.77 bits per heavy atom. The fourth-order valence-corrected chi connectivity index (χ4v) is 6.28. The first-order chi connectivity index (χ1) is 16.7. The van der Waals surface area contributed by atoms with Gasteiger partial charge in [0.25, 0.3) is 5.91 Å². The van der Waals surface area contributed by atoms with E-state index < -0.39 is 0 Å². The molecule has 0 bridgehead atoms. The van der Waals surface area contributed by atoms with E-state index in [4.69, 9.17) is 9.72 Å². The van der Waals surface area contributed by atoms with Gasteiger partial charge >= 0.3 is 0 Å². The number of Topliss-reactive ketones (excluding diaryl/α,β-unsaturated/α-hetero) is 1. The summed E-state index contributed by atoms with van der Waals surface area (Å²) in [4.78, 5) is 35.5. The maximum Gasteiger partial charge on any atom is 0.253 e. The van der Waals surface area contributed by atoms with Gasteiger partial charge in [0.05, 0.1) is 29.5 Å². The van der Waals surface area contributed by atoms with Gasteiger partial charge in [-0.2, -0.15) is 0 Å². The molecule has 0 spiro atoms. The van der Waals surface area contributed by atoms with Crippen molar-refractivity contribution in [1.82, 2.24) is 9.88 Å². The van der Waals surface area contributed by atoms with Crippen LogP contribution in [0.2, 0.25) is 0 Å². The number of morpholine rings is 1. The second kappa shape index (κ2) is 9.21. The Hall–Kier alpha value is -3.03. The van der Waals surface area contributed by atoms with Gasteiger partial charge in [-0.3, -0.25) is 9.59 Å². The lowest BCUT2D eigenvalue weighted by Crippen LogP contribution is -2.36. The Kier molecular flexibility index (Phi) is 6.23. The summed E-state index contributed by atoms with van der Waals surface area (Å²) in [7, 11) is 3.51. The first kappa shape index (κ1) is 23.7. The number of ketones is 1. The minimum Gasteiger partial charge on any atom is -0.378 e. The van der Waals surface area contributed by atoms with Crippen LogP contribution in [0.4, 0.5) is 5.00 Å². The predicted octanol–water partition coefficient (Wildman–Crippen LogP) is 5.17. The summed E-state index contributed by atoms with van der Waals surface area (Å²) in [5.74, 6) is 0.193. The molecule has 5 rings (SSSR count). The summed E-state index contributed by atoms with van der Waals surface area (Å²) in [6, 6.07) is 13.6. The molecule has 0 atom stereocenters. The summed E-state index contributed by atoms with van der Waals surface area (Å²) < 4.78 is 5.60. The molecule has 6 nitrogen and oxygen atoms in total. The molecule has 3 aromatic rings. The van der Waals surface area contributed by atoms with Crippen molar-refractivity contribution in [2.45, 2.75) is 26.7 Å². The molecule has 1 aliphatic carbocycles. The highest BCUT2D eigenvalue weighted by Crippen LogP contribution is 2.49. The van der Waals surface area contributed by atoms with Crippen molar-refractivity contribution >= 4 is 28.0 Å². The maximum atomic E-state index is 13.1. The van der Waals surface area contributed by atoms with Gasteiger partial charge in [-0.05, 0) is 41.7 Å². The van der Waals surface area contributed by atoms with Crippen molar-refractivity contribution in [3.8, 4) is 22.5 Å². The molecule has 35 heavy (non-hydrogen) atoms. The summed E-state index contributed by atoms with van der Waals surface area (Å²) in [5.41, 5.74) is 5.33. The van der Waals surface area contributed by atoms with E-state index in [9.17, 15) is 9.59 Å². The number of hydrogen-bond donors (Lipinski definition) is 0. The van der Waals surface area contributed by atoms with Crippen molar-refractivity contribution in [3.05, 3.63) is 58.5 Å². The summed E-state index contributed by atoms with van der Waals surface area (Å²) in [6.07, 6.45) is 1.42. The Labute approximate surface area is 210 Å². The van der Waals surface area contributed by atoms with Crippen LogP contribution >= 0.6 is 11.3 Å². The Balaban J connectivity index is 1.63. The molecule has 1 amide bonds. The average Bonchev–Trinajstić information content (AvgIpc) is 3.23. The largest absolute Gasteiger partial charge is 0.378 e. The van der Waals surface area contributed by atoms with E-state index in [0.717, 1.165) is 57.5 Å². The Morgan fingerprint density at radius 1 is 1.06 bits per heavy atom. The van der Waals surface area contributed by atoms with Gasteiger partial charge in [0.1, 0.15) is 5.00 Å². The van der Waals surface area contributed by atoms with Gasteiger partial charge in [0, 0.05) is 50.3 Å². The van der Waals surface area contributed by atoms with Gasteiger partial charge < -0.3 is 14.5 Å². The van der Waals surface area contributed by atoms with Crippen molar-refractivity contribution in [3.63, 3.8) is 0 Å². The monoisotopic (exact) mass is 489 g/mol. The number of thiophene rings is 1. The number of anilines is 1. The molecule has 2 aromatic heterocycles. The highest BCUT2D eigenvalue weighted by molar-refractivity contribution is 7.19. The number of fused-ring (bicyclic) bond motifs is 1. The van der Waals surface area contributed by atoms with Crippen LogP contribution in [-0.2, 0) is 11.2 Å². The third-order valence-corrected chi connectivity index (χ3v) is 7.99. The number of ether oxygens (including phenoxy) is 1. The van der Waals surface area contributed by atoms with Gasteiger partial charge in [0.2, 0.25) is 0 Å². The quantitative estimate of drug-likeness (QED) is 0.506. The van der Waals surface area contributed by atoms with Crippen LogP contribution in [0, 0.1) is 5.41 Å². The number of carbonyl (C=O) groups excluding carboxylic acids is 2. The molecule has 1 fully saturated rings. The predicted molar refractivity (Wildman–Crippen MR) is 140 cm³/mol. The minimum absolute atomic E-state index is 0.0368. The topological polar surface area (TPSA) is 62.7 Å². The van der Waals surface area contributed by atoms with Crippen LogP contribution < -0.4 is 4.90 Å². The average molecular weight is 490 g/mol. The highest BCUT2D eigenvalue weighted by Gasteiger charge is 2.37. The smallest absolute Gasteiger partial charge is 0.253 e. The molecular formula is C28H31N3O3S. The summed E-state index contributed by atoms with van der Waals surface area (Å²) in [6.45, 7) is 7.31. The van der Waals surface area contributed by atoms with Crippen LogP contribution in [0.15, 0.2) is 42.5 Å². The number of benzene rings is 1. The summed E-state index contributed by atoms with van der Waals surface area (Å²) >= 11 is 1.61. The molecule has 0 unspecified atom stereocenters. The second-order valence-corrected chi connectivity index (χ2v) is 11.3. The Morgan fingerprint density at radius 3 is 2.51 bits per heavy atom. The third-order valence-electron chi connectivity index (χ3n) is 6.65. The van der Waals surface area contributed by atoms with Crippen molar-refractivity contribution < 1.29 is 14.3 Å². The van der Waals surface area contributed by atoms with E-state index in [1.165, 1.54) is 0 Å². The number of hydrogen-bond acceptors (Lipinski definition) is 6. The van der Waals surface area contributed by atoms with E-state index in [-0.39, 0.29) is 17.1 Å². The minimum atomic E-state index is -0.0827. The number of carbonyl (C=O) groups is 2. The van der Waals surface area contributed by atoms with Crippen LogP contribution in [0.3, 0.4) is 0 Å². The SMILES string of the molecule is CN(C)C(=O)c1cccc(-c2cccc(-c3c(N4CCOCC4)sc4c3CC(C)(C)CC4=O)n2)c1. The molecule has 0 saturated carbocycles. The number of amides is 1. The normalized spacial score (nSPS) is 17.3. The van der Waals surface area contributed by atoms with Gasteiger partial charge in [-0.15, -0.1) is 11.3 Å². The lowest BCUT2D eigenvalue weighted by molar-refractivity contribution is 0.0827. The van der Waals surface area contributed by atoms with Crippen molar-refractivity contribution in [1.29, 1.82) is 0 Å². The van der Waals surface area contributed by atoms with E-state index in [2.05, 4.69) is 18.7 Å². The van der Waals surface area contributed by atoms with Crippen LogP contribution in [0.25, 0.3) is 22.5 Å². The number of aromatic nitrogens is 1. The first-order valence-electron chi connectivity index (χ1n) is 12.0. The summed E-state index contributed by atoms with van der Waals surface area (Å²) in [5, 5.41) is 1.12. The third kappa shape index (κ3) is 4.62.